The van der Waals surface area contributed by atoms with Crippen LogP contribution in [0.25, 0.3) is 0 Å². The fourth-order valence-corrected chi connectivity index (χ4v) is 3.68. The van der Waals surface area contributed by atoms with E-state index < -0.39 is 6.10 Å². The number of nitrogens with zero attached hydrogens (tertiary/aromatic N) is 1. The number of hydrogen-bond donors (Lipinski definition) is 1. The molecule has 1 aliphatic carbocycles. The minimum atomic E-state index is -0.440. The van der Waals surface area contributed by atoms with Crippen LogP contribution in [0.15, 0.2) is 18.2 Å². The maximum atomic E-state index is 12.8. The summed E-state index contributed by atoms with van der Waals surface area (Å²) >= 11 is 0. The first-order valence-corrected chi connectivity index (χ1v) is 10.2. The molecule has 0 spiro atoms. The molecular formula is C22H35ClN2O2. The number of piperidine rings is 1. The van der Waals surface area contributed by atoms with Crippen molar-refractivity contribution in [2.45, 2.75) is 71.4 Å². The highest BCUT2D eigenvalue weighted by atomic mass is 35.5. The number of carbonyl (C=O) groups excluding carboxylic acids is 1. The first kappa shape index (κ1) is 22.0. The summed E-state index contributed by atoms with van der Waals surface area (Å²) in [6.45, 7) is 11.1. The third-order valence-corrected chi connectivity index (χ3v) is 5.64. The Balaban J connectivity index is 0.00000261. The molecule has 1 saturated carbocycles. The molecule has 0 radical (unpaired) electrons. The van der Waals surface area contributed by atoms with Crippen LogP contribution in [-0.2, 0) is 4.79 Å². The van der Waals surface area contributed by atoms with Gasteiger partial charge in [-0.15, -0.1) is 12.4 Å². The lowest BCUT2D eigenvalue weighted by molar-refractivity contribution is -0.139. The molecule has 3 rings (SSSR count). The van der Waals surface area contributed by atoms with Crippen molar-refractivity contribution in [1.29, 1.82) is 0 Å². The minimum absolute atomic E-state index is 0. The second-order valence-corrected chi connectivity index (χ2v) is 8.41. The standard InChI is InChI=1S/C22H34N2O2.ClH/c1-15(2)20-8-5-16(3)13-21(20)26-17(4)22(25)24-11-9-19(10-12-24)23-14-18-6-7-18;/h5,8,13,15,17-19,23H,6-7,9-12,14H2,1-4H3;1H. The molecule has 27 heavy (non-hydrogen) atoms. The molecule has 1 aromatic carbocycles. The zero-order valence-electron chi connectivity index (χ0n) is 17.2. The first-order chi connectivity index (χ1) is 12.4. The van der Waals surface area contributed by atoms with E-state index in [0.29, 0.717) is 12.0 Å². The van der Waals surface area contributed by atoms with Crippen molar-refractivity contribution >= 4 is 18.3 Å². The summed E-state index contributed by atoms with van der Waals surface area (Å²) in [7, 11) is 0. The van der Waals surface area contributed by atoms with Crippen molar-refractivity contribution in [3.05, 3.63) is 29.3 Å². The van der Waals surface area contributed by atoms with Gasteiger partial charge in [-0.05, 0) is 75.1 Å². The van der Waals surface area contributed by atoms with E-state index in [-0.39, 0.29) is 18.3 Å². The topological polar surface area (TPSA) is 41.6 Å². The number of likely N-dealkylation sites (tertiary alicyclic amines) is 1. The van der Waals surface area contributed by atoms with Crippen molar-refractivity contribution in [1.82, 2.24) is 10.2 Å². The van der Waals surface area contributed by atoms with Crippen LogP contribution in [0.4, 0.5) is 0 Å². The zero-order chi connectivity index (χ0) is 18.7. The maximum Gasteiger partial charge on any atom is 0.263 e. The van der Waals surface area contributed by atoms with Crippen molar-refractivity contribution in [3.8, 4) is 5.75 Å². The van der Waals surface area contributed by atoms with E-state index in [4.69, 9.17) is 4.74 Å². The molecule has 5 heteroatoms. The van der Waals surface area contributed by atoms with E-state index in [1.54, 1.807) is 0 Å². The summed E-state index contributed by atoms with van der Waals surface area (Å²) < 4.78 is 6.11. The Bertz CT molecular complexity index is 623. The van der Waals surface area contributed by atoms with E-state index in [1.165, 1.54) is 18.4 Å². The summed E-state index contributed by atoms with van der Waals surface area (Å²) in [5.74, 6) is 2.25. The normalized spacial score (nSPS) is 18.9. The Labute approximate surface area is 170 Å². The van der Waals surface area contributed by atoms with Crippen LogP contribution in [0, 0.1) is 12.8 Å². The molecule has 0 aromatic heterocycles. The van der Waals surface area contributed by atoms with Gasteiger partial charge in [0.2, 0.25) is 0 Å². The fourth-order valence-electron chi connectivity index (χ4n) is 3.68. The smallest absolute Gasteiger partial charge is 0.263 e. The number of amides is 1. The molecule has 2 aliphatic rings. The summed E-state index contributed by atoms with van der Waals surface area (Å²) in [5.41, 5.74) is 2.32. The van der Waals surface area contributed by atoms with Gasteiger partial charge in [-0.1, -0.05) is 26.0 Å². The summed E-state index contributed by atoms with van der Waals surface area (Å²) in [4.78, 5) is 14.8. The maximum absolute atomic E-state index is 12.8. The number of aryl methyl sites for hydroxylation is 1. The van der Waals surface area contributed by atoms with Crippen LogP contribution < -0.4 is 10.1 Å². The van der Waals surface area contributed by atoms with Crippen LogP contribution in [0.1, 0.15) is 63.5 Å². The highest BCUT2D eigenvalue weighted by Gasteiger charge is 2.29. The van der Waals surface area contributed by atoms with Gasteiger partial charge in [0.25, 0.3) is 5.91 Å². The van der Waals surface area contributed by atoms with Gasteiger partial charge in [0.05, 0.1) is 0 Å². The largest absolute Gasteiger partial charge is 0.481 e. The average molecular weight is 395 g/mol. The molecule has 1 saturated heterocycles. The number of ether oxygens (including phenoxy) is 1. The molecule has 1 atom stereocenters. The van der Waals surface area contributed by atoms with Crippen molar-refractivity contribution in [2.75, 3.05) is 19.6 Å². The van der Waals surface area contributed by atoms with Crippen LogP contribution >= 0.6 is 12.4 Å². The molecular weight excluding hydrogens is 360 g/mol. The predicted molar refractivity (Wildman–Crippen MR) is 113 cm³/mol. The molecule has 1 aromatic rings. The lowest BCUT2D eigenvalue weighted by atomic mass is 10.0. The summed E-state index contributed by atoms with van der Waals surface area (Å²) in [6, 6.07) is 6.84. The van der Waals surface area contributed by atoms with Gasteiger partial charge in [0, 0.05) is 19.1 Å². The summed E-state index contributed by atoms with van der Waals surface area (Å²) in [6.07, 6.45) is 4.43. The fraction of sp³-hybridized carbons (Fsp3) is 0.682. The van der Waals surface area contributed by atoms with Gasteiger partial charge in [-0.2, -0.15) is 0 Å². The van der Waals surface area contributed by atoms with Gasteiger partial charge in [-0.25, -0.2) is 0 Å². The second kappa shape index (κ2) is 9.79. The van der Waals surface area contributed by atoms with E-state index in [1.807, 2.05) is 17.9 Å². The van der Waals surface area contributed by atoms with Crippen molar-refractivity contribution in [3.63, 3.8) is 0 Å². The van der Waals surface area contributed by atoms with Crippen molar-refractivity contribution in [2.24, 2.45) is 5.92 Å². The van der Waals surface area contributed by atoms with Crippen LogP contribution in [0.2, 0.25) is 0 Å². The number of rotatable bonds is 7. The number of benzene rings is 1. The quantitative estimate of drug-likeness (QED) is 0.749. The highest BCUT2D eigenvalue weighted by molar-refractivity contribution is 5.85. The average Bonchev–Trinajstić information content (AvgIpc) is 3.44. The third kappa shape index (κ3) is 6.11. The predicted octanol–water partition coefficient (Wildman–Crippen LogP) is 4.30. The Morgan fingerprint density at radius 1 is 1.19 bits per heavy atom. The molecule has 1 heterocycles. The second-order valence-electron chi connectivity index (χ2n) is 8.41. The summed E-state index contributed by atoms with van der Waals surface area (Å²) in [5, 5.41) is 3.67. The lowest BCUT2D eigenvalue weighted by Crippen LogP contribution is -2.48. The van der Waals surface area contributed by atoms with E-state index in [9.17, 15) is 4.79 Å². The van der Waals surface area contributed by atoms with E-state index in [0.717, 1.165) is 49.7 Å². The van der Waals surface area contributed by atoms with Crippen LogP contribution in [0.5, 0.6) is 5.75 Å². The number of hydrogen-bond acceptors (Lipinski definition) is 3. The first-order valence-electron chi connectivity index (χ1n) is 10.2. The molecule has 1 unspecified atom stereocenters. The Hall–Kier alpha value is -1.26. The molecule has 1 amide bonds. The molecule has 2 fully saturated rings. The zero-order valence-corrected chi connectivity index (χ0v) is 18.0. The molecule has 152 valence electrons. The van der Waals surface area contributed by atoms with Gasteiger partial charge >= 0.3 is 0 Å². The Kier molecular flexibility index (Phi) is 7.99. The number of nitrogens with one attached hydrogen (secondary N) is 1. The molecule has 4 nitrogen and oxygen atoms in total. The Morgan fingerprint density at radius 3 is 2.44 bits per heavy atom. The van der Waals surface area contributed by atoms with Crippen molar-refractivity contribution < 1.29 is 9.53 Å². The number of carbonyl (C=O) groups is 1. The van der Waals surface area contributed by atoms with E-state index >= 15 is 0 Å². The highest BCUT2D eigenvalue weighted by Crippen LogP contribution is 2.29. The monoisotopic (exact) mass is 394 g/mol. The van der Waals surface area contributed by atoms with Crippen LogP contribution in [0.3, 0.4) is 0 Å². The lowest BCUT2D eigenvalue weighted by Gasteiger charge is -2.34. The van der Waals surface area contributed by atoms with Crippen LogP contribution in [-0.4, -0.2) is 42.6 Å². The van der Waals surface area contributed by atoms with Gasteiger partial charge < -0.3 is 15.0 Å². The van der Waals surface area contributed by atoms with E-state index in [2.05, 4.69) is 38.2 Å². The SMILES string of the molecule is Cc1ccc(C(C)C)c(OC(C)C(=O)N2CCC(NCC3CC3)CC2)c1.Cl. The minimum Gasteiger partial charge on any atom is -0.481 e. The molecule has 0 bridgehead atoms. The van der Waals surface area contributed by atoms with Gasteiger partial charge in [0.1, 0.15) is 5.75 Å². The Morgan fingerprint density at radius 2 is 1.85 bits per heavy atom. The van der Waals surface area contributed by atoms with Gasteiger partial charge in [0.15, 0.2) is 6.10 Å². The third-order valence-electron chi connectivity index (χ3n) is 5.64. The molecule has 1 N–H and O–H groups in total. The van der Waals surface area contributed by atoms with Gasteiger partial charge in [-0.3, -0.25) is 4.79 Å². The molecule has 1 aliphatic heterocycles. The number of halogens is 1.